The molecular formula is C54H41N3O2. The summed E-state index contributed by atoms with van der Waals surface area (Å²) in [7, 11) is 0. The Bertz CT molecular complexity index is 3220. The number of rotatable bonds is 6. The van der Waals surface area contributed by atoms with Crippen LogP contribution in [0.5, 0.6) is 0 Å². The lowest BCUT2D eigenvalue weighted by atomic mass is 9.51. The molecule has 0 atom stereocenters. The Kier molecular flexibility index (Phi) is 7.27. The van der Waals surface area contributed by atoms with Crippen molar-refractivity contribution in [3.63, 3.8) is 0 Å². The van der Waals surface area contributed by atoms with Crippen LogP contribution in [-0.4, -0.2) is 9.97 Å². The van der Waals surface area contributed by atoms with Crippen LogP contribution in [0.2, 0.25) is 0 Å². The predicted molar refractivity (Wildman–Crippen MR) is 239 cm³/mol. The van der Waals surface area contributed by atoms with Gasteiger partial charge in [-0.2, -0.15) is 0 Å². The monoisotopic (exact) mass is 763 g/mol. The summed E-state index contributed by atoms with van der Waals surface area (Å²) in [6.45, 7) is 0. The molecule has 4 saturated carbocycles. The van der Waals surface area contributed by atoms with E-state index in [0.717, 1.165) is 106 Å². The van der Waals surface area contributed by atoms with Gasteiger partial charge in [0, 0.05) is 45.6 Å². The molecule has 0 aliphatic heterocycles. The Morgan fingerprint density at radius 3 is 2.10 bits per heavy atom. The lowest BCUT2D eigenvalue weighted by molar-refractivity contribution is -0.00276. The second-order valence-corrected chi connectivity index (χ2v) is 17.5. The fourth-order valence-corrected chi connectivity index (χ4v) is 11.8. The topological polar surface area (TPSA) is 55.3 Å². The molecular weight excluding hydrogens is 723 g/mol. The number of nitrogens with zero attached hydrogens (tertiary/aromatic N) is 3. The minimum atomic E-state index is 0.581. The summed E-state index contributed by atoms with van der Waals surface area (Å²) in [6, 6.07) is 52.9. The van der Waals surface area contributed by atoms with Gasteiger partial charge in [-0.25, -0.2) is 4.98 Å². The summed E-state index contributed by atoms with van der Waals surface area (Å²) >= 11 is 0. The van der Waals surface area contributed by atoms with Crippen LogP contribution in [0.25, 0.3) is 77.2 Å². The van der Waals surface area contributed by atoms with Gasteiger partial charge in [-0.05, 0) is 167 Å². The molecule has 3 heterocycles. The van der Waals surface area contributed by atoms with Crippen LogP contribution in [0.1, 0.15) is 43.6 Å². The molecule has 0 spiro atoms. The molecule has 0 radical (unpaired) electrons. The van der Waals surface area contributed by atoms with Gasteiger partial charge in [-0.15, -0.1) is 0 Å². The molecule has 4 aliphatic rings. The maximum absolute atomic E-state index is 6.50. The first-order valence-electron chi connectivity index (χ1n) is 21.3. The van der Waals surface area contributed by atoms with Crippen molar-refractivity contribution in [2.45, 2.75) is 38.0 Å². The summed E-state index contributed by atoms with van der Waals surface area (Å²) in [5.74, 6) is 4.81. The lowest BCUT2D eigenvalue weighted by Crippen LogP contribution is -2.43. The van der Waals surface area contributed by atoms with Crippen LogP contribution in [0, 0.1) is 23.7 Å². The largest absolute Gasteiger partial charge is 0.456 e. The Balaban J connectivity index is 0.919. The van der Waals surface area contributed by atoms with Gasteiger partial charge >= 0.3 is 0 Å². The number of oxazole rings is 1. The average molecular weight is 764 g/mol. The Labute approximate surface area is 341 Å². The third kappa shape index (κ3) is 5.37. The molecule has 284 valence electrons. The second kappa shape index (κ2) is 12.9. The number of benzene rings is 7. The van der Waals surface area contributed by atoms with Crippen molar-refractivity contribution in [2.24, 2.45) is 23.7 Å². The molecule has 0 amide bonds. The van der Waals surface area contributed by atoms with Gasteiger partial charge in [0.1, 0.15) is 16.7 Å². The maximum Gasteiger partial charge on any atom is 0.228 e. The van der Waals surface area contributed by atoms with Crippen LogP contribution in [0.3, 0.4) is 0 Å². The van der Waals surface area contributed by atoms with Crippen molar-refractivity contribution in [3.05, 3.63) is 164 Å². The highest BCUT2D eigenvalue weighted by Crippen LogP contribution is 2.60. The van der Waals surface area contributed by atoms with Gasteiger partial charge < -0.3 is 13.7 Å². The van der Waals surface area contributed by atoms with Crippen molar-refractivity contribution in [1.29, 1.82) is 0 Å². The lowest BCUT2D eigenvalue weighted by Gasteiger charge is -2.54. The van der Waals surface area contributed by atoms with Crippen LogP contribution >= 0.6 is 0 Å². The van der Waals surface area contributed by atoms with E-state index in [-0.39, 0.29) is 0 Å². The van der Waals surface area contributed by atoms with Crippen LogP contribution < -0.4 is 4.90 Å². The van der Waals surface area contributed by atoms with Crippen molar-refractivity contribution in [2.75, 3.05) is 4.90 Å². The minimum Gasteiger partial charge on any atom is -0.456 e. The molecule has 14 rings (SSSR count). The van der Waals surface area contributed by atoms with E-state index in [0.29, 0.717) is 11.8 Å². The highest BCUT2D eigenvalue weighted by molar-refractivity contribution is 6.18. The van der Waals surface area contributed by atoms with Crippen molar-refractivity contribution in [1.82, 2.24) is 9.97 Å². The minimum absolute atomic E-state index is 0.581. The Morgan fingerprint density at radius 2 is 1.25 bits per heavy atom. The number of hydrogen-bond acceptors (Lipinski definition) is 5. The molecule has 5 heteroatoms. The van der Waals surface area contributed by atoms with Crippen LogP contribution in [-0.2, 0) is 0 Å². The highest BCUT2D eigenvalue weighted by atomic mass is 16.3. The molecule has 4 bridgehead atoms. The van der Waals surface area contributed by atoms with E-state index in [9.17, 15) is 0 Å². The third-order valence-electron chi connectivity index (χ3n) is 14.1. The van der Waals surface area contributed by atoms with E-state index >= 15 is 0 Å². The normalized spacial score (nSPS) is 21.1. The number of hydrogen-bond donors (Lipinski definition) is 0. The van der Waals surface area contributed by atoms with Gasteiger partial charge in [-0.1, -0.05) is 72.8 Å². The standard InChI is InChI=1S/C54H41N3O2/c1-2-9-49-45(8-1)47-30-44(19-21-50(47)58-49)57(43-7-3-5-38(28-43)51-40-24-32-23-33(26-40)27-41(51)25-32)42-17-14-34(15-18-42)37-13-11-35-10-12-36-16-20-48-53(52(36)46(35)29-37)59-54(56-48)39-6-4-22-55-31-39/h1-22,28-33,40-41,51H,23-27H2. The SMILES string of the molecule is c1cncc(-c2nc3ccc4ccc5ccc(-c6ccc(N(c7cccc(C8C9CC%10CC(C9)CC8C%10)c7)c7ccc8oc9ccccc9c8c7)cc6)cc5c4c3o2)c1. The number of aromatic nitrogens is 2. The molecule has 4 aliphatic carbocycles. The summed E-state index contributed by atoms with van der Waals surface area (Å²) in [4.78, 5) is 11.6. The summed E-state index contributed by atoms with van der Waals surface area (Å²) in [6.07, 6.45) is 10.7. The predicted octanol–water partition coefficient (Wildman–Crippen LogP) is 14.8. The zero-order valence-corrected chi connectivity index (χ0v) is 32.6. The number of para-hydroxylation sites is 1. The molecule has 59 heavy (non-hydrogen) atoms. The Morgan fingerprint density at radius 1 is 0.508 bits per heavy atom. The van der Waals surface area contributed by atoms with Gasteiger partial charge in [0.15, 0.2) is 5.58 Å². The number of pyridine rings is 1. The zero-order chi connectivity index (χ0) is 38.6. The van der Waals surface area contributed by atoms with Crippen LogP contribution in [0.15, 0.2) is 167 Å². The summed E-state index contributed by atoms with van der Waals surface area (Å²) in [5, 5.41) is 6.79. The van der Waals surface area contributed by atoms with Gasteiger partial charge in [0.25, 0.3) is 0 Å². The Hall–Kier alpha value is -6.72. The molecule has 7 aromatic carbocycles. The summed E-state index contributed by atoms with van der Waals surface area (Å²) in [5.41, 5.74) is 11.6. The smallest absolute Gasteiger partial charge is 0.228 e. The van der Waals surface area contributed by atoms with Crippen molar-refractivity contribution >= 4 is 71.6 Å². The average Bonchev–Trinajstić information content (AvgIpc) is 3.89. The van der Waals surface area contributed by atoms with Gasteiger partial charge in [-0.3, -0.25) is 4.98 Å². The van der Waals surface area contributed by atoms with Gasteiger partial charge in [0.05, 0.1) is 5.56 Å². The number of anilines is 3. The maximum atomic E-state index is 6.50. The van der Waals surface area contributed by atoms with E-state index in [1.807, 2.05) is 24.3 Å². The van der Waals surface area contributed by atoms with Crippen molar-refractivity contribution in [3.8, 4) is 22.6 Å². The summed E-state index contributed by atoms with van der Waals surface area (Å²) < 4.78 is 12.8. The second-order valence-electron chi connectivity index (χ2n) is 17.5. The molecule has 3 aromatic heterocycles. The molecule has 4 fully saturated rings. The van der Waals surface area contributed by atoms with Crippen LogP contribution in [0.4, 0.5) is 17.1 Å². The van der Waals surface area contributed by atoms with E-state index in [1.54, 1.807) is 12.4 Å². The molecule has 0 saturated heterocycles. The first-order chi connectivity index (χ1) is 29.2. The molecule has 10 aromatic rings. The van der Waals surface area contributed by atoms with E-state index in [1.165, 1.54) is 43.4 Å². The number of furan rings is 1. The molecule has 5 nitrogen and oxygen atoms in total. The van der Waals surface area contributed by atoms with E-state index < -0.39 is 0 Å². The first kappa shape index (κ1) is 33.3. The fourth-order valence-electron chi connectivity index (χ4n) is 11.8. The zero-order valence-electron chi connectivity index (χ0n) is 32.6. The quantitative estimate of drug-likeness (QED) is 0.158. The van der Waals surface area contributed by atoms with Crippen molar-refractivity contribution < 1.29 is 8.83 Å². The van der Waals surface area contributed by atoms with Gasteiger partial charge in [0.2, 0.25) is 5.89 Å². The third-order valence-corrected chi connectivity index (χ3v) is 14.1. The fraction of sp³-hybridized carbons (Fsp3) is 0.185. The van der Waals surface area contributed by atoms with E-state index in [2.05, 4.69) is 131 Å². The number of fused-ring (bicyclic) bond motifs is 8. The molecule has 0 N–H and O–H groups in total. The van der Waals surface area contributed by atoms with E-state index in [4.69, 9.17) is 13.8 Å². The first-order valence-corrected chi connectivity index (χ1v) is 21.3. The highest BCUT2D eigenvalue weighted by Gasteiger charge is 2.48. The molecule has 0 unspecified atom stereocenters.